The molecule has 0 bridgehead atoms. The minimum Gasteiger partial charge on any atom is -0.496 e. The number of benzene rings is 1. The third kappa shape index (κ3) is 4.40. The van der Waals surface area contributed by atoms with Gasteiger partial charge in [-0.05, 0) is 6.07 Å². The van der Waals surface area contributed by atoms with Gasteiger partial charge in [-0.2, -0.15) is 0 Å². The maximum atomic E-state index is 12.5. The molecule has 1 aliphatic heterocycles. The van der Waals surface area contributed by atoms with Crippen LogP contribution < -0.4 is 15.8 Å². The number of amides is 1. The summed E-state index contributed by atoms with van der Waals surface area (Å²) in [6, 6.07) is 3.02. The second kappa shape index (κ2) is 8.01. The number of nitrogens with zero attached hydrogens (tertiary/aromatic N) is 2. The van der Waals surface area contributed by atoms with Crippen LogP contribution in [0.25, 0.3) is 0 Å². The second-order valence-electron chi connectivity index (χ2n) is 5.56. The Morgan fingerprint density at radius 1 is 1.48 bits per heavy atom. The number of hydrogen-bond donors (Lipinski definition) is 2. The van der Waals surface area contributed by atoms with Crippen LogP contribution in [-0.4, -0.2) is 49.2 Å². The number of nitrogens with one attached hydrogen (secondary N) is 1. The fourth-order valence-corrected chi connectivity index (χ4v) is 3.37. The standard InChI is InChI=1S/C16H19ClN4O3S/c1-23-14-7-13(18)12(17)6-11(14)15(22)20-16-19-10(9-25-16)8-21-2-4-24-5-3-21/h6-7,9H,2-5,8,18H2,1H3,(H,19,20,22). The molecule has 0 spiro atoms. The molecule has 3 N–H and O–H groups in total. The molecule has 7 nitrogen and oxygen atoms in total. The van der Waals surface area contributed by atoms with Crippen molar-refractivity contribution in [1.82, 2.24) is 9.88 Å². The molecule has 134 valence electrons. The quantitative estimate of drug-likeness (QED) is 0.772. The highest BCUT2D eigenvalue weighted by Gasteiger charge is 2.17. The van der Waals surface area contributed by atoms with E-state index in [0.717, 1.165) is 38.5 Å². The number of aromatic nitrogens is 1. The van der Waals surface area contributed by atoms with Crippen LogP contribution in [0.4, 0.5) is 10.8 Å². The minimum atomic E-state index is -0.342. The lowest BCUT2D eigenvalue weighted by Crippen LogP contribution is -2.35. The Labute approximate surface area is 154 Å². The first kappa shape index (κ1) is 17.9. The summed E-state index contributed by atoms with van der Waals surface area (Å²) in [4.78, 5) is 19.2. The maximum Gasteiger partial charge on any atom is 0.261 e. The Bertz CT molecular complexity index is 762. The molecule has 1 aromatic heterocycles. The molecule has 1 fully saturated rings. The van der Waals surface area contributed by atoms with Crippen LogP contribution in [0.15, 0.2) is 17.5 Å². The number of rotatable bonds is 5. The Balaban J connectivity index is 1.68. The highest BCUT2D eigenvalue weighted by atomic mass is 35.5. The van der Waals surface area contributed by atoms with E-state index in [9.17, 15) is 4.79 Å². The lowest BCUT2D eigenvalue weighted by atomic mass is 10.1. The van der Waals surface area contributed by atoms with E-state index in [1.54, 1.807) is 0 Å². The lowest BCUT2D eigenvalue weighted by Gasteiger charge is -2.25. The van der Waals surface area contributed by atoms with Gasteiger partial charge in [0.2, 0.25) is 0 Å². The van der Waals surface area contributed by atoms with Crippen LogP contribution >= 0.6 is 22.9 Å². The molecule has 9 heteroatoms. The number of anilines is 2. The Morgan fingerprint density at radius 2 is 2.24 bits per heavy atom. The third-order valence-electron chi connectivity index (χ3n) is 3.82. The molecule has 1 aliphatic rings. The summed E-state index contributed by atoms with van der Waals surface area (Å²) in [7, 11) is 1.48. The molecule has 0 atom stereocenters. The number of morpholine rings is 1. The summed E-state index contributed by atoms with van der Waals surface area (Å²) in [5, 5.41) is 5.56. The molecule has 3 rings (SSSR count). The van der Waals surface area contributed by atoms with Crippen molar-refractivity contribution in [2.75, 3.05) is 44.5 Å². The number of nitrogens with two attached hydrogens (primary N) is 1. The van der Waals surface area contributed by atoms with E-state index in [1.165, 1.54) is 30.6 Å². The topological polar surface area (TPSA) is 89.7 Å². The van der Waals surface area contributed by atoms with Gasteiger partial charge in [-0.3, -0.25) is 15.0 Å². The molecule has 1 saturated heterocycles. The van der Waals surface area contributed by atoms with E-state index in [0.29, 0.717) is 27.2 Å². The maximum absolute atomic E-state index is 12.5. The molecule has 1 amide bonds. The van der Waals surface area contributed by atoms with Crippen molar-refractivity contribution in [3.8, 4) is 5.75 Å². The van der Waals surface area contributed by atoms with Crippen molar-refractivity contribution in [3.63, 3.8) is 0 Å². The third-order valence-corrected chi connectivity index (χ3v) is 4.96. The van der Waals surface area contributed by atoms with Gasteiger partial charge in [0, 0.05) is 31.1 Å². The average molecular weight is 383 g/mol. The predicted octanol–water partition coefficient (Wildman–Crippen LogP) is 2.47. The first-order valence-corrected chi connectivity index (χ1v) is 9.01. The molecule has 2 aromatic rings. The van der Waals surface area contributed by atoms with E-state index in [4.69, 9.17) is 26.8 Å². The second-order valence-corrected chi connectivity index (χ2v) is 6.83. The molecule has 0 radical (unpaired) electrons. The largest absolute Gasteiger partial charge is 0.496 e. The van der Waals surface area contributed by atoms with Crippen molar-refractivity contribution in [3.05, 3.63) is 33.8 Å². The molecule has 25 heavy (non-hydrogen) atoms. The van der Waals surface area contributed by atoms with Gasteiger partial charge in [0.15, 0.2) is 5.13 Å². The number of hydrogen-bond acceptors (Lipinski definition) is 7. The van der Waals surface area contributed by atoms with Gasteiger partial charge in [-0.1, -0.05) is 11.6 Å². The number of carbonyl (C=O) groups excluding carboxylic acids is 1. The summed E-state index contributed by atoms with van der Waals surface area (Å²) in [5.74, 6) is 0.0236. The van der Waals surface area contributed by atoms with Crippen molar-refractivity contribution in [2.24, 2.45) is 0 Å². The first-order valence-electron chi connectivity index (χ1n) is 7.75. The fraction of sp³-hybridized carbons (Fsp3) is 0.375. The lowest BCUT2D eigenvalue weighted by molar-refractivity contribution is 0.0337. The van der Waals surface area contributed by atoms with Crippen LogP contribution in [0.2, 0.25) is 5.02 Å². The van der Waals surface area contributed by atoms with Gasteiger partial charge < -0.3 is 15.2 Å². The number of halogens is 1. The summed E-state index contributed by atoms with van der Waals surface area (Å²) in [6.45, 7) is 4.00. The number of nitrogen functional groups attached to an aromatic ring is 1. The van der Waals surface area contributed by atoms with E-state index in [-0.39, 0.29) is 5.91 Å². The number of carbonyl (C=O) groups is 1. The zero-order valence-corrected chi connectivity index (χ0v) is 15.3. The summed E-state index contributed by atoms with van der Waals surface area (Å²) in [6.07, 6.45) is 0. The zero-order chi connectivity index (χ0) is 17.8. The molecule has 0 unspecified atom stereocenters. The minimum absolute atomic E-state index is 0.304. The van der Waals surface area contributed by atoms with Gasteiger partial charge in [0.25, 0.3) is 5.91 Å². The van der Waals surface area contributed by atoms with E-state index < -0.39 is 0 Å². The van der Waals surface area contributed by atoms with Crippen LogP contribution in [0.1, 0.15) is 16.1 Å². The predicted molar refractivity (Wildman–Crippen MR) is 98.6 cm³/mol. The van der Waals surface area contributed by atoms with Crippen molar-refractivity contribution in [2.45, 2.75) is 6.54 Å². The molecule has 0 saturated carbocycles. The Hall–Kier alpha value is -1.87. The summed E-state index contributed by atoms with van der Waals surface area (Å²) in [5.41, 5.74) is 7.33. The highest BCUT2D eigenvalue weighted by Crippen LogP contribution is 2.29. The molecule has 0 aliphatic carbocycles. The SMILES string of the molecule is COc1cc(N)c(Cl)cc1C(=O)Nc1nc(CN2CCOCC2)cs1. The van der Waals surface area contributed by atoms with Gasteiger partial charge in [-0.25, -0.2) is 4.98 Å². The smallest absolute Gasteiger partial charge is 0.261 e. The van der Waals surface area contributed by atoms with Gasteiger partial charge >= 0.3 is 0 Å². The monoisotopic (exact) mass is 382 g/mol. The first-order chi connectivity index (χ1) is 12.1. The van der Waals surface area contributed by atoms with Gasteiger partial charge in [0.1, 0.15) is 5.75 Å². The van der Waals surface area contributed by atoms with E-state index in [1.807, 2.05) is 5.38 Å². The Kier molecular flexibility index (Phi) is 5.74. The van der Waals surface area contributed by atoms with Crippen LogP contribution in [0, 0.1) is 0 Å². The van der Waals surface area contributed by atoms with Crippen LogP contribution in [-0.2, 0) is 11.3 Å². The molecular formula is C16H19ClN4O3S. The van der Waals surface area contributed by atoms with Gasteiger partial charge in [-0.15, -0.1) is 11.3 Å². The van der Waals surface area contributed by atoms with E-state index in [2.05, 4.69) is 15.2 Å². The van der Waals surface area contributed by atoms with Crippen molar-refractivity contribution >= 4 is 39.7 Å². The normalized spacial score (nSPS) is 15.1. The fourth-order valence-electron chi connectivity index (χ4n) is 2.51. The number of thiazole rings is 1. The summed E-state index contributed by atoms with van der Waals surface area (Å²) < 4.78 is 10.5. The van der Waals surface area contributed by atoms with Crippen LogP contribution in [0.3, 0.4) is 0 Å². The molecule has 1 aromatic carbocycles. The van der Waals surface area contributed by atoms with Crippen molar-refractivity contribution in [1.29, 1.82) is 0 Å². The Morgan fingerprint density at radius 3 is 2.96 bits per heavy atom. The molecule has 2 heterocycles. The number of ether oxygens (including phenoxy) is 2. The van der Waals surface area contributed by atoms with Gasteiger partial charge in [0.05, 0.1) is 42.3 Å². The molecular weight excluding hydrogens is 364 g/mol. The van der Waals surface area contributed by atoms with Crippen molar-refractivity contribution < 1.29 is 14.3 Å². The number of methoxy groups -OCH3 is 1. The van der Waals surface area contributed by atoms with Crippen LogP contribution in [0.5, 0.6) is 5.75 Å². The van der Waals surface area contributed by atoms with E-state index >= 15 is 0 Å². The zero-order valence-electron chi connectivity index (χ0n) is 13.8. The highest BCUT2D eigenvalue weighted by molar-refractivity contribution is 7.14. The summed E-state index contributed by atoms with van der Waals surface area (Å²) >= 11 is 7.40. The average Bonchev–Trinajstić information content (AvgIpc) is 3.04.